The van der Waals surface area contributed by atoms with Gasteiger partial charge in [-0.25, -0.2) is 4.39 Å². The van der Waals surface area contributed by atoms with Crippen molar-refractivity contribution in [2.45, 2.75) is 20.3 Å². The van der Waals surface area contributed by atoms with Gasteiger partial charge in [0, 0.05) is 17.7 Å². The molecule has 1 N–H and O–H groups in total. The first-order valence-electron chi connectivity index (χ1n) is 5.45. The fraction of sp³-hybridized carbons (Fsp3) is 0.462. The van der Waals surface area contributed by atoms with Crippen LogP contribution in [0.1, 0.15) is 19.4 Å². The summed E-state index contributed by atoms with van der Waals surface area (Å²) in [7, 11) is 2.83. The largest absolute Gasteiger partial charge is 0.497 e. The van der Waals surface area contributed by atoms with Crippen LogP contribution in [-0.4, -0.2) is 25.3 Å². The van der Waals surface area contributed by atoms with E-state index in [4.69, 9.17) is 14.6 Å². The molecule has 0 spiro atoms. The Bertz CT molecular complexity index is 455. The van der Waals surface area contributed by atoms with E-state index in [1.165, 1.54) is 26.4 Å². The van der Waals surface area contributed by atoms with Crippen LogP contribution in [0, 0.1) is 11.2 Å². The Morgan fingerprint density at radius 2 is 1.94 bits per heavy atom. The first kappa shape index (κ1) is 14.3. The van der Waals surface area contributed by atoms with Crippen molar-refractivity contribution in [3.05, 3.63) is 23.5 Å². The third kappa shape index (κ3) is 2.91. The molecule has 1 aromatic carbocycles. The van der Waals surface area contributed by atoms with Gasteiger partial charge in [-0.05, 0) is 20.3 Å². The van der Waals surface area contributed by atoms with Crippen molar-refractivity contribution in [1.82, 2.24) is 0 Å². The van der Waals surface area contributed by atoms with Gasteiger partial charge in [-0.15, -0.1) is 0 Å². The summed E-state index contributed by atoms with van der Waals surface area (Å²) in [5.41, 5.74) is -0.825. The standard InChI is InChI=1S/C13H17FO4/c1-13(2,12(15)16)7-9-10(14)5-8(17-3)6-11(9)18-4/h5-6H,7H2,1-4H3,(H,15,16). The molecule has 5 heteroatoms. The summed E-state index contributed by atoms with van der Waals surface area (Å²) in [5, 5.41) is 9.07. The Balaban J connectivity index is 3.20. The first-order valence-corrected chi connectivity index (χ1v) is 5.45. The van der Waals surface area contributed by atoms with E-state index in [0.29, 0.717) is 11.5 Å². The van der Waals surface area contributed by atoms with Crippen molar-refractivity contribution < 1.29 is 23.8 Å². The van der Waals surface area contributed by atoms with Gasteiger partial charge in [0.1, 0.15) is 17.3 Å². The van der Waals surface area contributed by atoms with E-state index in [2.05, 4.69) is 0 Å². The highest BCUT2D eigenvalue weighted by atomic mass is 19.1. The SMILES string of the molecule is COc1cc(F)c(CC(C)(C)C(=O)O)c(OC)c1. The van der Waals surface area contributed by atoms with Crippen LogP contribution in [0.25, 0.3) is 0 Å². The van der Waals surface area contributed by atoms with Gasteiger partial charge in [0.05, 0.1) is 19.6 Å². The third-order valence-electron chi connectivity index (χ3n) is 2.78. The molecule has 0 unspecified atom stereocenters. The number of methoxy groups -OCH3 is 2. The summed E-state index contributed by atoms with van der Waals surface area (Å²) in [6, 6.07) is 2.76. The average Bonchev–Trinajstić information content (AvgIpc) is 2.30. The molecule has 1 rings (SSSR count). The highest BCUT2D eigenvalue weighted by molar-refractivity contribution is 5.74. The molecule has 18 heavy (non-hydrogen) atoms. The van der Waals surface area contributed by atoms with Crippen molar-refractivity contribution in [3.63, 3.8) is 0 Å². The molecule has 0 heterocycles. The maximum atomic E-state index is 13.9. The number of hydrogen-bond acceptors (Lipinski definition) is 3. The van der Waals surface area contributed by atoms with E-state index in [9.17, 15) is 9.18 Å². The molecular formula is C13H17FO4. The van der Waals surface area contributed by atoms with Gasteiger partial charge >= 0.3 is 5.97 Å². The van der Waals surface area contributed by atoms with E-state index in [1.54, 1.807) is 13.8 Å². The number of carboxylic acid groups (broad SMARTS) is 1. The number of carboxylic acids is 1. The summed E-state index contributed by atoms with van der Waals surface area (Å²) in [5.74, 6) is -0.886. The van der Waals surface area contributed by atoms with Gasteiger partial charge in [-0.2, -0.15) is 0 Å². The highest BCUT2D eigenvalue weighted by Crippen LogP contribution is 2.33. The second-order valence-corrected chi connectivity index (χ2v) is 4.66. The minimum atomic E-state index is -1.07. The summed E-state index contributed by atoms with van der Waals surface area (Å²) < 4.78 is 23.9. The van der Waals surface area contributed by atoms with Crippen LogP contribution < -0.4 is 9.47 Å². The predicted octanol–water partition coefficient (Wildman–Crippen LogP) is 2.50. The van der Waals surface area contributed by atoms with Crippen LogP contribution in [0.15, 0.2) is 12.1 Å². The molecule has 0 aromatic heterocycles. The van der Waals surface area contributed by atoms with Crippen molar-refractivity contribution in [1.29, 1.82) is 0 Å². The lowest BCUT2D eigenvalue weighted by Crippen LogP contribution is -2.26. The second-order valence-electron chi connectivity index (χ2n) is 4.66. The van der Waals surface area contributed by atoms with Crippen LogP contribution >= 0.6 is 0 Å². The summed E-state index contributed by atoms with van der Waals surface area (Å²) >= 11 is 0. The Kier molecular flexibility index (Phi) is 4.16. The predicted molar refractivity (Wildman–Crippen MR) is 64.6 cm³/mol. The number of ether oxygens (including phenoxy) is 2. The number of benzene rings is 1. The fourth-order valence-corrected chi connectivity index (χ4v) is 1.58. The lowest BCUT2D eigenvalue weighted by Gasteiger charge is -2.21. The van der Waals surface area contributed by atoms with Gasteiger partial charge in [0.2, 0.25) is 0 Å². The first-order chi connectivity index (χ1) is 8.31. The molecule has 0 bridgehead atoms. The molecule has 0 saturated heterocycles. The number of rotatable bonds is 5. The zero-order valence-corrected chi connectivity index (χ0v) is 10.9. The minimum Gasteiger partial charge on any atom is -0.497 e. The number of carbonyl (C=O) groups is 1. The molecular weight excluding hydrogens is 239 g/mol. The van der Waals surface area contributed by atoms with E-state index in [0.717, 1.165) is 0 Å². The van der Waals surface area contributed by atoms with Crippen LogP contribution in [0.2, 0.25) is 0 Å². The van der Waals surface area contributed by atoms with E-state index in [1.807, 2.05) is 0 Å². The summed E-state index contributed by atoms with van der Waals surface area (Å²) in [6.07, 6.45) is 0.0430. The van der Waals surface area contributed by atoms with Crippen molar-refractivity contribution in [2.75, 3.05) is 14.2 Å². The smallest absolute Gasteiger partial charge is 0.309 e. The fourth-order valence-electron chi connectivity index (χ4n) is 1.58. The normalized spacial score (nSPS) is 11.2. The molecule has 4 nitrogen and oxygen atoms in total. The Morgan fingerprint density at radius 3 is 2.39 bits per heavy atom. The maximum Gasteiger partial charge on any atom is 0.309 e. The molecule has 0 aliphatic rings. The molecule has 0 aliphatic heterocycles. The Labute approximate surface area is 105 Å². The van der Waals surface area contributed by atoms with Crippen LogP contribution in [0.3, 0.4) is 0 Å². The summed E-state index contributed by atoms with van der Waals surface area (Å²) in [6.45, 7) is 3.08. The van der Waals surface area contributed by atoms with Crippen LogP contribution in [0.4, 0.5) is 4.39 Å². The Morgan fingerprint density at radius 1 is 1.33 bits per heavy atom. The zero-order chi connectivity index (χ0) is 13.9. The minimum absolute atomic E-state index is 0.0430. The molecule has 0 radical (unpaired) electrons. The number of hydrogen-bond donors (Lipinski definition) is 1. The highest BCUT2D eigenvalue weighted by Gasteiger charge is 2.30. The lowest BCUT2D eigenvalue weighted by atomic mass is 9.85. The Hall–Kier alpha value is -1.78. The van der Waals surface area contributed by atoms with E-state index < -0.39 is 17.2 Å². The molecule has 1 aromatic rings. The van der Waals surface area contributed by atoms with Crippen LogP contribution in [0.5, 0.6) is 11.5 Å². The summed E-state index contributed by atoms with van der Waals surface area (Å²) in [4.78, 5) is 11.1. The monoisotopic (exact) mass is 256 g/mol. The van der Waals surface area contributed by atoms with Crippen molar-refractivity contribution in [3.8, 4) is 11.5 Å². The van der Waals surface area contributed by atoms with Crippen molar-refractivity contribution >= 4 is 5.97 Å². The molecule has 0 fully saturated rings. The molecule has 100 valence electrons. The second kappa shape index (κ2) is 5.25. The number of aliphatic carboxylic acids is 1. The van der Waals surface area contributed by atoms with Gasteiger partial charge in [-0.3, -0.25) is 4.79 Å². The molecule has 0 atom stereocenters. The number of halogens is 1. The van der Waals surface area contributed by atoms with Gasteiger partial charge in [-0.1, -0.05) is 0 Å². The van der Waals surface area contributed by atoms with E-state index >= 15 is 0 Å². The zero-order valence-electron chi connectivity index (χ0n) is 10.9. The molecule has 0 saturated carbocycles. The van der Waals surface area contributed by atoms with E-state index in [-0.39, 0.29) is 12.0 Å². The molecule has 0 amide bonds. The van der Waals surface area contributed by atoms with Gasteiger partial charge < -0.3 is 14.6 Å². The maximum absolute atomic E-state index is 13.9. The van der Waals surface area contributed by atoms with Gasteiger partial charge in [0.15, 0.2) is 0 Å². The third-order valence-corrected chi connectivity index (χ3v) is 2.78. The topological polar surface area (TPSA) is 55.8 Å². The average molecular weight is 256 g/mol. The van der Waals surface area contributed by atoms with Gasteiger partial charge in [0.25, 0.3) is 0 Å². The van der Waals surface area contributed by atoms with Crippen molar-refractivity contribution in [2.24, 2.45) is 5.41 Å². The quantitative estimate of drug-likeness (QED) is 0.879. The molecule has 0 aliphatic carbocycles. The van der Waals surface area contributed by atoms with Crippen LogP contribution in [-0.2, 0) is 11.2 Å². The lowest BCUT2D eigenvalue weighted by molar-refractivity contribution is -0.146.